The fourth-order valence-corrected chi connectivity index (χ4v) is 3.72. The van der Waals surface area contributed by atoms with E-state index in [0.29, 0.717) is 20.8 Å². The number of aromatic nitrogens is 1. The van der Waals surface area contributed by atoms with Gasteiger partial charge in [-0.3, -0.25) is 15.6 Å². The van der Waals surface area contributed by atoms with Crippen LogP contribution in [0.5, 0.6) is 0 Å². The van der Waals surface area contributed by atoms with Crippen LogP contribution < -0.4 is 10.9 Å². The summed E-state index contributed by atoms with van der Waals surface area (Å²) in [6, 6.07) is 10.8. The number of nitrogens with one attached hydrogen (secondary N) is 2. The lowest BCUT2D eigenvalue weighted by molar-refractivity contribution is -0.115. The van der Waals surface area contributed by atoms with Gasteiger partial charge >= 0.3 is 0 Å². The Hall–Kier alpha value is -1.79. The van der Waals surface area contributed by atoms with E-state index in [1.807, 2.05) is 24.3 Å². The number of amides is 1. The zero-order valence-corrected chi connectivity index (χ0v) is 15.1. The fourth-order valence-electron chi connectivity index (χ4n) is 1.94. The molecule has 1 heterocycles. The predicted octanol–water partition coefficient (Wildman–Crippen LogP) is 5.41. The maximum atomic E-state index is 11.9. The summed E-state index contributed by atoms with van der Waals surface area (Å²) in [5.74, 6) is -0.365. The molecule has 1 amide bonds. The molecule has 3 aromatic rings. The van der Waals surface area contributed by atoms with E-state index in [1.165, 1.54) is 29.5 Å². The molecule has 0 unspecified atom stereocenters. The van der Waals surface area contributed by atoms with Gasteiger partial charge in [0, 0.05) is 11.1 Å². The van der Waals surface area contributed by atoms with E-state index < -0.39 is 0 Å². The molecule has 0 radical (unpaired) electrons. The third-order valence-electron chi connectivity index (χ3n) is 3.01. The van der Waals surface area contributed by atoms with Crippen molar-refractivity contribution in [3.63, 3.8) is 0 Å². The first-order valence-corrected chi connectivity index (χ1v) is 8.72. The van der Waals surface area contributed by atoms with Gasteiger partial charge in [0.1, 0.15) is 5.01 Å². The van der Waals surface area contributed by atoms with Gasteiger partial charge in [0.15, 0.2) is 0 Å². The lowest BCUT2D eigenvalue weighted by atomic mass is 10.3. The predicted molar refractivity (Wildman–Crippen MR) is 102 cm³/mol. The maximum Gasteiger partial charge on any atom is 0.262 e. The second kappa shape index (κ2) is 7.40. The molecule has 0 fully saturated rings. The number of hydrogen-bond donors (Lipinski definition) is 2. The first-order valence-electron chi connectivity index (χ1n) is 6.77. The molecule has 0 saturated carbocycles. The van der Waals surface area contributed by atoms with Gasteiger partial charge in [0.2, 0.25) is 0 Å². The average molecular weight is 399 g/mol. The molecule has 0 atom stereocenters. The molecule has 2 N–H and O–H groups in total. The maximum absolute atomic E-state index is 11.9. The molecule has 0 aliphatic carbocycles. The average Bonchev–Trinajstić information content (AvgIpc) is 2.94. The number of anilines is 1. The Bertz CT molecular complexity index is 883. The first-order chi connectivity index (χ1) is 11.5. The number of hydrazine groups is 1. The molecule has 24 heavy (non-hydrogen) atoms. The number of hydrogen-bond acceptors (Lipinski definition) is 4. The second-order valence-corrected chi connectivity index (χ2v) is 7.02. The summed E-state index contributed by atoms with van der Waals surface area (Å²) in [5.41, 5.74) is 6.46. The molecule has 122 valence electrons. The van der Waals surface area contributed by atoms with Gasteiger partial charge in [-0.25, -0.2) is 4.98 Å². The van der Waals surface area contributed by atoms with Crippen molar-refractivity contribution in [1.82, 2.24) is 10.4 Å². The van der Waals surface area contributed by atoms with Crippen molar-refractivity contribution in [2.75, 3.05) is 5.43 Å². The SMILES string of the molecule is O=C(/C=C/c1nc2ccccc2s1)NNc1c(Cl)cc(Cl)cc1Cl. The Balaban J connectivity index is 1.65. The van der Waals surface area contributed by atoms with Crippen LogP contribution in [0.3, 0.4) is 0 Å². The minimum atomic E-state index is -0.365. The molecule has 4 nitrogen and oxygen atoms in total. The number of nitrogens with zero attached hydrogens (tertiary/aromatic N) is 1. The first kappa shape index (κ1) is 17.0. The number of carbonyl (C=O) groups is 1. The van der Waals surface area contributed by atoms with Gasteiger partial charge < -0.3 is 0 Å². The quantitative estimate of drug-likeness (QED) is 0.456. The standard InChI is InChI=1S/C16H10Cl3N3OS/c17-9-7-10(18)16(11(19)8-9)22-21-14(23)5-6-15-20-12-3-1-2-4-13(12)24-15/h1-8,22H,(H,21,23)/b6-5+. The van der Waals surface area contributed by atoms with Crippen LogP contribution in [0.25, 0.3) is 16.3 Å². The minimum Gasteiger partial charge on any atom is -0.295 e. The number of thiazole rings is 1. The monoisotopic (exact) mass is 397 g/mol. The van der Waals surface area contributed by atoms with E-state index in [1.54, 1.807) is 6.08 Å². The lowest BCUT2D eigenvalue weighted by Crippen LogP contribution is -2.27. The molecule has 8 heteroatoms. The van der Waals surface area contributed by atoms with Gasteiger partial charge in [0.05, 0.1) is 25.9 Å². The third-order valence-corrected chi connectivity index (χ3v) is 4.82. The van der Waals surface area contributed by atoms with Gasteiger partial charge in [0.25, 0.3) is 5.91 Å². The molecular weight excluding hydrogens is 389 g/mol. The Morgan fingerprint density at radius 3 is 2.54 bits per heavy atom. The highest BCUT2D eigenvalue weighted by molar-refractivity contribution is 7.19. The van der Waals surface area contributed by atoms with Gasteiger partial charge in [-0.1, -0.05) is 46.9 Å². The highest BCUT2D eigenvalue weighted by Gasteiger charge is 2.08. The number of rotatable bonds is 4. The van der Waals surface area contributed by atoms with Crippen molar-refractivity contribution in [1.29, 1.82) is 0 Å². The van der Waals surface area contributed by atoms with E-state index >= 15 is 0 Å². The molecular formula is C16H10Cl3N3OS. The van der Waals surface area contributed by atoms with E-state index in [9.17, 15) is 4.79 Å². The van der Waals surface area contributed by atoms with Crippen molar-refractivity contribution in [3.05, 3.63) is 62.5 Å². The number of benzene rings is 2. The zero-order valence-electron chi connectivity index (χ0n) is 12.0. The summed E-state index contributed by atoms with van der Waals surface area (Å²) in [5, 5.41) is 1.78. The van der Waals surface area contributed by atoms with E-state index in [0.717, 1.165) is 15.2 Å². The van der Waals surface area contributed by atoms with Crippen LogP contribution in [0, 0.1) is 0 Å². The summed E-state index contributed by atoms with van der Waals surface area (Å²) in [4.78, 5) is 16.3. The number of halogens is 3. The smallest absolute Gasteiger partial charge is 0.262 e. The highest BCUT2D eigenvalue weighted by atomic mass is 35.5. The molecule has 0 aliphatic rings. The Morgan fingerprint density at radius 1 is 1.12 bits per heavy atom. The number of para-hydroxylation sites is 1. The topological polar surface area (TPSA) is 54.0 Å². The van der Waals surface area contributed by atoms with Crippen LogP contribution in [0.2, 0.25) is 15.1 Å². The Morgan fingerprint density at radius 2 is 1.83 bits per heavy atom. The van der Waals surface area contributed by atoms with E-state index in [4.69, 9.17) is 34.8 Å². The van der Waals surface area contributed by atoms with Gasteiger partial charge in [-0.2, -0.15) is 0 Å². The number of carbonyl (C=O) groups excluding carboxylic acids is 1. The van der Waals surface area contributed by atoms with Crippen molar-refractivity contribution in [3.8, 4) is 0 Å². The van der Waals surface area contributed by atoms with E-state index in [-0.39, 0.29) is 5.91 Å². The van der Waals surface area contributed by atoms with Crippen molar-refractivity contribution < 1.29 is 4.79 Å². The Labute approximate surface area is 157 Å². The minimum absolute atomic E-state index is 0.308. The van der Waals surface area contributed by atoms with Crippen LogP contribution in [-0.2, 0) is 4.79 Å². The molecule has 0 aliphatic heterocycles. The van der Waals surface area contributed by atoms with Crippen LogP contribution in [-0.4, -0.2) is 10.9 Å². The normalized spacial score (nSPS) is 11.1. The molecule has 0 spiro atoms. The summed E-state index contributed by atoms with van der Waals surface area (Å²) in [6.07, 6.45) is 3.02. The van der Waals surface area contributed by atoms with Crippen LogP contribution in [0.15, 0.2) is 42.5 Å². The molecule has 0 bridgehead atoms. The molecule has 0 saturated heterocycles. The molecule has 1 aromatic heterocycles. The summed E-state index contributed by atoms with van der Waals surface area (Å²) in [6.45, 7) is 0. The highest BCUT2D eigenvalue weighted by Crippen LogP contribution is 2.33. The van der Waals surface area contributed by atoms with Crippen molar-refractivity contribution in [2.45, 2.75) is 0 Å². The van der Waals surface area contributed by atoms with Crippen LogP contribution >= 0.6 is 46.1 Å². The zero-order chi connectivity index (χ0) is 17.1. The molecule has 3 rings (SSSR count). The Kier molecular flexibility index (Phi) is 5.26. The largest absolute Gasteiger partial charge is 0.295 e. The van der Waals surface area contributed by atoms with Crippen LogP contribution in [0.4, 0.5) is 5.69 Å². The van der Waals surface area contributed by atoms with Crippen molar-refractivity contribution in [2.24, 2.45) is 0 Å². The molecule has 2 aromatic carbocycles. The van der Waals surface area contributed by atoms with E-state index in [2.05, 4.69) is 15.8 Å². The fraction of sp³-hybridized carbons (Fsp3) is 0. The van der Waals surface area contributed by atoms with Crippen LogP contribution in [0.1, 0.15) is 5.01 Å². The summed E-state index contributed by atoms with van der Waals surface area (Å²) < 4.78 is 1.07. The summed E-state index contributed by atoms with van der Waals surface area (Å²) in [7, 11) is 0. The summed E-state index contributed by atoms with van der Waals surface area (Å²) >= 11 is 19.4. The number of fused-ring (bicyclic) bond motifs is 1. The lowest BCUT2D eigenvalue weighted by Gasteiger charge is -2.10. The second-order valence-electron chi connectivity index (χ2n) is 4.71. The van der Waals surface area contributed by atoms with Gasteiger partial charge in [-0.05, 0) is 30.3 Å². The van der Waals surface area contributed by atoms with Gasteiger partial charge in [-0.15, -0.1) is 11.3 Å². The third kappa shape index (κ3) is 3.99. The van der Waals surface area contributed by atoms with Crippen molar-refractivity contribution >= 4 is 74.0 Å².